The van der Waals surface area contributed by atoms with Crippen LogP contribution in [0.4, 0.5) is 0 Å². The summed E-state index contributed by atoms with van der Waals surface area (Å²) in [6.45, 7) is 4.80. The van der Waals surface area contributed by atoms with E-state index in [0.29, 0.717) is 24.0 Å². The van der Waals surface area contributed by atoms with E-state index in [4.69, 9.17) is 24.9 Å². The summed E-state index contributed by atoms with van der Waals surface area (Å²) in [7, 11) is 0. The summed E-state index contributed by atoms with van der Waals surface area (Å²) in [6.07, 6.45) is 7.09. The summed E-state index contributed by atoms with van der Waals surface area (Å²) < 4.78 is 13.1. The SMILES string of the molecule is C=C1Oc2c(ccc3ccccc23)C/C=C\C=C/1c1ccc2oc3cccc(C/N=C(\N=C(/N)c4ccc5ccccc5c4)c4ccc5ccccc5c4)c3c2c1. The van der Waals surface area contributed by atoms with Gasteiger partial charge in [-0.25, -0.2) is 4.99 Å². The van der Waals surface area contributed by atoms with E-state index in [1.54, 1.807) is 0 Å². The number of fused-ring (bicyclic) bond motifs is 8. The summed E-state index contributed by atoms with van der Waals surface area (Å²) in [4.78, 5) is 10.2. The van der Waals surface area contributed by atoms with Gasteiger partial charge in [-0.2, -0.15) is 0 Å². The van der Waals surface area contributed by atoms with Gasteiger partial charge in [0.2, 0.25) is 0 Å². The Kier molecular flexibility index (Phi) is 8.53. The van der Waals surface area contributed by atoms with E-state index in [2.05, 4.69) is 122 Å². The second-order valence-corrected chi connectivity index (χ2v) is 14.4. The standard InChI is InChI=1S/C52H37N3O2/c1-33-44(18-8-7-14-37-24-23-36-13-6-9-19-45(36)50(37)56-33)40-27-28-47-46(31-40)49-43(17-10-20-48(49)57-47)32-54-52(42-26-22-35-12-3-5-16-39(35)30-42)55-51(53)41-25-21-34-11-2-4-15-38(34)29-41/h2-13,15-31H,1,14,32H2,(H2,53,54,55)/b8-7-,44-18+. The van der Waals surface area contributed by atoms with Crippen molar-refractivity contribution in [3.8, 4) is 5.75 Å². The van der Waals surface area contributed by atoms with Crippen molar-refractivity contribution in [1.82, 2.24) is 0 Å². The van der Waals surface area contributed by atoms with Crippen LogP contribution in [0.2, 0.25) is 0 Å². The van der Waals surface area contributed by atoms with Gasteiger partial charge in [-0.05, 0) is 80.4 Å². The third-order valence-electron chi connectivity index (χ3n) is 10.8. The lowest BCUT2D eigenvalue weighted by Crippen LogP contribution is -2.16. The van der Waals surface area contributed by atoms with Gasteiger partial charge in [0.1, 0.15) is 28.5 Å². The zero-order valence-corrected chi connectivity index (χ0v) is 31.2. The molecule has 8 aromatic carbocycles. The minimum Gasteiger partial charge on any atom is -0.456 e. The molecular weight excluding hydrogens is 699 g/mol. The number of ether oxygens (including phenoxy) is 1. The molecule has 272 valence electrons. The average Bonchev–Trinajstić information content (AvgIpc) is 3.66. The van der Waals surface area contributed by atoms with Crippen LogP contribution >= 0.6 is 0 Å². The van der Waals surface area contributed by atoms with Crippen LogP contribution in [0, 0.1) is 0 Å². The average molecular weight is 736 g/mol. The maximum absolute atomic E-state index is 6.76. The van der Waals surface area contributed by atoms with Crippen LogP contribution in [0.1, 0.15) is 27.8 Å². The number of hydrogen-bond acceptors (Lipinski definition) is 3. The van der Waals surface area contributed by atoms with Crippen molar-refractivity contribution in [1.29, 1.82) is 0 Å². The van der Waals surface area contributed by atoms with Gasteiger partial charge in [0, 0.05) is 32.9 Å². The summed E-state index contributed by atoms with van der Waals surface area (Å²) in [6, 6.07) is 54.0. The molecule has 2 N–H and O–H groups in total. The Morgan fingerprint density at radius 1 is 0.632 bits per heavy atom. The summed E-state index contributed by atoms with van der Waals surface area (Å²) in [5.74, 6) is 2.38. The molecule has 0 radical (unpaired) electrons. The Hall–Kier alpha value is -7.50. The molecule has 5 heteroatoms. The zero-order chi connectivity index (χ0) is 38.3. The Morgan fingerprint density at radius 2 is 1.33 bits per heavy atom. The maximum Gasteiger partial charge on any atom is 0.157 e. The molecule has 10 rings (SSSR count). The Bertz CT molecular complexity index is 3200. The van der Waals surface area contributed by atoms with Gasteiger partial charge in [-0.15, -0.1) is 0 Å². The minimum absolute atomic E-state index is 0.359. The highest BCUT2D eigenvalue weighted by Gasteiger charge is 2.18. The van der Waals surface area contributed by atoms with Crippen molar-refractivity contribution in [3.05, 3.63) is 216 Å². The fourth-order valence-corrected chi connectivity index (χ4v) is 7.86. The highest BCUT2D eigenvalue weighted by atomic mass is 16.5. The molecular formula is C52H37N3O2. The van der Waals surface area contributed by atoms with Crippen molar-refractivity contribution in [3.63, 3.8) is 0 Å². The molecule has 57 heavy (non-hydrogen) atoms. The number of allylic oxidation sites excluding steroid dienone is 4. The first kappa shape index (κ1) is 34.0. The molecule has 0 saturated heterocycles. The third-order valence-corrected chi connectivity index (χ3v) is 10.8. The number of benzene rings is 8. The normalized spacial score (nSPS) is 15.2. The largest absolute Gasteiger partial charge is 0.456 e. The van der Waals surface area contributed by atoms with Gasteiger partial charge < -0.3 is 14.9 Å². The van der Waals surface area contributed by atoms with Crippen LogP contribution in [-0.4, -0.2) is 11.7 Å². The number of nitrogens with two attached hydrogens (primary N) is 1. The van der Waals surface area contributed by atoms with E-state index >= 15 is 0 Å². The highest BCUT2D eigenvalue weighted by Crippen LogP contribution is 2.38. The van der Waals surface area contributed by atoms with Crippen LogP contribution in [0.25, 0.3) is 59.8 Å². The van der Waals surface area contributed by atoms with E-state index in [9.17, 15) is 0 Å². The minimum atomic E-state index is 0.359. The zero-order valence-electron chi connectivity index (χ0n) is 31.2. The van der Waals surface area contributed by atoms with Gasteiger partial charge in [0.15, 0.2) is 5.84 Å². The van der Waals surface area contributed by atoms with Crippen molar-refractivity contribution >= 4 is 71.5 Å². The van der Waals surface area contributed by atoms with E-state index in [1.165, 1.54) is 0 Å². The lowest BCUT2D eigenvalue weighted by atomic mass is 9.99. The smallest absolute Gasteiger partial charge is 0.157 e. The van der Waals surface area contributed by atoms with E-state index < -0.39 is 0 Å². The summed E-state index contributed by atoms with van der Waals surface area (Å²) in [5, 5.41) is 8.69. The Labute approximate surface area is 330 Å². The Balaban J connectivity index is 1.05. The van der Waals surface area contributed by atoms with Gasteiger partial charge in [-0.3, -0.25) is 4.99 Å². The molecule has 0 unspecified atom stereocenters. The van der Waals surface area contributed by atoms with E-state index in [-0.39, 0.29) is 0 Å². The molecule has 0 saturated carbocycles. The first-order chi connectivity index (χ1) is 28.1. The fraction of sp³-hybridized carbons (Fsp3) is 0.0385. The third kappa shape index (κ3) is 6.45. The number of amidine groups is 2. The van der Waals surface area contributed by atoms with Crippen molar-refractivity contribution in [2.24, 2.45) is 15.7 Å². The van der Waals surface area contributed by atoms with Crippen LogP contribution in [0.15, 0.2) is 203 Å². The van der Waals surface area contributed by atoms with Gasteiger partial charge in [0.05, 0.1) is 6.54 Å². The molecule has 1 aliphatic heterocycles. The molecule has 1 aliphatic rings. The van der Waals surface area contributed by atoms with Crippen molar-refractivity contribution in [2.45, 2.75) is 13.0 Å². The first-order valence-corrected chi connectivity index (χ1v) is 19.1. The molecule has 0 amide bonds. The summed E-state index contributed by atoms with van der Waals surface area (Å²) in [5.41, 5.74) is 14.1. The molecule has 1 aromatic heterocycles. The molecule has 0 atom stereocenters. The lowest BCUT2D eigenvalue weighted by molar-refractivity contribution is 0.453. The number of nitrogens with zero attached hydrogens (tertiary/aromatic N) is 2. The molecule has 0 spiro atoms. The van der Waals surface area contributed by atoms with Crippen LogP contribution in [-0.2, 0) is 13.0 Å². The van der Waals surface area contributed by atoms with Gasteiger partial charge in [-0.1, -0.05) is 152 Å². The van der Waals surface area contributed by atoms with Gasteiger partial charge >= 0.3 is 0 Å². The summed E-state index contributed by atoms with van der Waals surface area (Å²) >= 11 is 0. The molecule has 0 bridgehead atoms. The molecule has 5 nitrogen and oxygen atoms in total. The topological polar surface area (TPSA) is 73.1 Å². The molecule has 0 aliphatic carbocycles. The van der Waals surface area contributed by atoms with Crippen molar-refractivity contribution in [2.75, 3.05) is 0 Å². The molecule has 2 heterocycles. The van der Waals surface area contributed by atoms with E-state index in [1.807, 2.05) is 60.7 Å². The second-order valence-electron chi connectivity index (χ2n) is 14.4. The second kappa shape index (κ2) is 14.3. The quantitative estimate of drug-likeness (QED) is 0.141. The fourth-order valence-electron chi connectivity index (χ4n) is 7.86. The molecule has 9 aromatic rings. The van der Waals surface area contributed by atoms with Gasteiger partial charge in [0.25, 0.3) is 0 Å². The van der Waals surface area contributed by atoms with Crippen LogP contribution < -0.4 is 10.5 Å². The first-order valence-electron chi connectivity index (χ1n) is 19.1. The predicted octanol–water partition coefficient (Wildman–Crippen LogP) is 12.5. The lowest BCUT2D eigenvalue weighted by Gasteiger charge is -2.16. The van der Waals surface area contributed by atoms with Crippen LogP contribution in [0.5, 0.6) is 5.75 Å². The number of rotatable bonds is 5. The van der Waals surface area contributed by atoms with Crippen LogP contribution in [0.3, 0.4) is 0 Å². The Morgan fingerprint density at radius 3 is 2.14 bits per heavy atom. The number of furan rings is 1. The van der Waals surface area contributed by atoms with E-state index in [0.717, 1.165) is 99.8 Å². The number of aliphatic imine (C=N–C) groups is 2. The maximum atomic E-state index is 6.76. The predicted molar refractivity (Wildman–Crippen MR) is 237 cm³/mol. The highest BCUT2D eigenvalue weighted by molar-refractivity contribution is 6.13. The molecule has 0 fully saturated rings. The van der Waals surface area contributed by atoms with Crippen molar-refractivity contribution < 1.29 is 9.15 Å². The monoisotopic (exact) mass is 735 g/mol. The number of hydrogen-bond donors (Lipinski definition) is 1.